The number of benzene rings is 2. The van der Waals surface area contributed by atoms with Crippen molar-refractivity contribution in [2.45, 2.75) is 0 Å². The number of halogens is 2. The van der Waals surface area contributed by atoms with Crippen molar-refractivity contribution in [3.63, 3.8) is 0 Å². The average molecular weight is 376 g/mol. The first kappa shape index (κ1) is 13.5. The van der Waals surface area contributed by atoms with Crippen molar-refractivity contribution in [3.05, 3.63) is 57.0 Å². The van der Waals surface area contributed by atoms with Crippen LogP contribution in [-0.2, 0) is 0 Å². The second-order valence-electron chi connectivity index (χ2n) is 4.97. The topological polar surface area (TPSA) is 65.4 Å². The van der Waals surface area contributed by atoms with Gasteiger partial charge in [-0.3, -0.25) is 4.79 Å². The molecule has 108 valence electrons. The Balaban J connectivity index is 1.99. The van der Waals surface area contributed by atoms with E-state index in [0.717, 1.165) is 0 Å². The number of ketones is 1. The lowest BCUT2D eigenvalue weighted by Crippen LogP contribution is -2.10. The Morgan fingerprint density at radius 1 is 1.23 bits per heavy atom. The van der Waals surface area contributed by atoms with Crippen molar-refractivity contribution >= 4 is 55.6 Å². The van der Waals surface area contributed by atoms with Crippen molar-refractivity contribution in [2.24, 2.45) is 4.99 Å². The summed E-state index contributed by atoms with van der Waals surface area (Å²) in [6, 6.07) is 10.6. The SMILES string of the molecule is O=C1C(c2c(O)[nH]c3cc(Cl)c(Br)cc23)=Nc2ccccc21. The average Bonchev–Trinajstić information content (AvgIpc) is 2.97. The summed E-state index contributed by atoms with van der Waals surface area (Å²) in [5.41, 5.74) is 2.43. The first-order chi connectivity index (χ1) is 10.6. The Labute approximate surface area is 138 Å². The summed E-state index contributed by atoms with van der Waals surface area (Å²) in [5, 5.41) is 11.4. The van der Waals surface area contributed by atoms with E-state index >= 15 is 0 Å². The number of aliphatic imine (C=N–C) groups is 1. The van der Waals surface area contributed by atoms with Crippen LogP contribution in [0.5, 0.6) is 5.88 Å². The van der Waals surface area contributed by atoms with Crippen LogP contribution in [0.3, 0.4) is 0 Å². The molecule has 3 aromatic rings. The predicted molar refractivity (Wildman–Crippen MR) is 89.6 cm³/mol. The lowest BCUT2D eigenvalue weighted by molar-refractivity contribution is 0.107. The van der Waals surface area contributed by atoms with Crippen LogP contribution in [0, 0.1) is 0 Å². The quantitative estimate of drug-likeness (QED) is 0.652. The molecule has 0 bridgehead atoms. The normalized spacial score (nSPS) is 13.5. The lowest BCUT2D eigenvalue weighted by Gasteiger charge is -2.00. The fraction of sp³-hybridized carbons (Fsp3) is 0. The van der Waals surface area contributed by atoms with Crippen LogP contribution in [0.15, 0.2) is 45.9 Å². The van der Waals surface area contributed by atoms with E-state index in [4.69, 9.17) is 11.6 Å². The molecule has 0 unspecified atom stereocenters. The van der Waals surface area contributed by atoms with Crippen LogP contribution in [-0.4, -0.2) is 21.6 Å². The number of carbonyl (C=O) groups is 1. The molecule has 1 aliphatic rings. The second kappa shape index (κ2) is 4.69. The standard InChI is InChI=1S/C16H8BrClN2O2/c17-9-5-8-12(6-10(9)18)20-16(22)13(8)14-15(21)7-3-1-2-4-11(7)19-14/h1-6,20,22H. The van der Waals surface area contributed by atoms with Crippen molar-refractivity contribution < 1.29 is 9.90 Å². The van der Waals surface area contributed by atoms with Gasteiger partial charge < -0.3 is 10.1 Å². The highest BCUT2D eigenvalue weighted by Gasteiger charge is 2.30. The fourth-order valence-corrected chi connectivity index (χ4v) is 3.15. The molecule has 0 amide bonds. The summed E-state index contributed by atoms with van der Waals surface area (Å²) < 4.78 is 0.686. The minimum atomic E-state index is -0.196. The monoisotopic (exact) mass is 374 g/mol. The zero-order valence-electron chi connectivity index (χ0n) is 11.0. The summed E-state index contributed by atoms with van der Waals surface area (Å²) in [5.74, 6) is -0.290. The van der Waals surface area contributed by atoms with E-state index in [1.54, 1.807) is 30.3 Å². The molecule has 0 spiro atoms. The number of nitrogens with one attached hydrogen (secondary N) is 1. The van der Waals surface area contributed by atoms with Gasteiger partial charge in [0.15, 0.2) is 5.88 Å². The molecule has 0 atom stereocenters. The molecule has 4 nitrogen and oxygen atoms in total. The molecule has 0 aliphatic carbocycles. The summed E-state index contributed by atoms with van der Waals surface area (Å²) in [6.07, 6.45) is 0. The van der Waals surface area contributed by atoms with Gasteiger partial charge in [-0.25, -0.2) is 4.99 Å². The Kier molecular flexibility index (Phi) is 2.89. The minimum Gasteiger partial charge on any atom is -0.494 e. The maximum absolute atomic E-state index is 12.5. The van der Waals surface area contributed by atoms with Crippen molar-refractivity contribution in [1.29, 1.82) is 0 Å². The Morgan fingerprint density at radius 2 is 2.00 bits per heavy atom. The van der Waals surface area contributed by atoms with Crippen molar-refractivity contribution in [2.75, 3.05) is 0 Å². The molecule has 6 heteroatoms. The number of aromatic nitrogens is 1. The van der Waals surface area contributed by atoms with Gasteiger partial charge in [0.25, 0.3) is 0 Å². The molecular formula is C16H8BrClN2O2. The predicted octanol–water partition coefficient (Wildman–Crippen LogP) is 4.61. The van der Waals surface area contributed by atoms with Crippen LogP contribution >= 0.6 is 27.5 Å². The van der Waals surface area contributed by atoms with Gasteiger partial charge >= 0.3 is 0 Å². The van der Waals surface area contributed by atoms with E-state index in [9.17, 15) is 9.90 Å². The first-order valence-corrected chi connectivity index (χ1v) is 7.66. The van der Waals surface area contributed by atoms with Gasteiger partial charge in [-0.1, -0.05) is 23.7 Å². The molecule has 2 aromatic carbocycles. The molecule has 1 aliphatic heterocycles. The molecule has 0 saturated carbocycles. The number of aromatic amines is 1. The Morgan fingerprint density at radius 3 is 2.77 bits per heavy atom. The molecule has 0 fully saturated rings. The number of nitrogens with zero attached hydrogens (tertiary/aromatic N) is 1. The molecule has 2 N–H and O–H groups in total. The number of hydrogen-bond donors (Lipinski definition) is 2. The van der Waals surface area contributed by atoms with Gasteiger partial charge in [-0.15, -0.1) is 0 Å². The summed E-state index contributed by atoms with van der Waals surface area (Å²) in [6.45, 7) is 0. The summed E-state index contributed by atoms with van der Waals surface area (Å²) in [7, 11) is 0. The molecule has 22 heavy (non-hydrogen) atoms. The van der Waals surface area contributed by atoms with Crippen LogP contribution in [0.4, 0.5) is 5.69 Å². The van der Waals surface area contributed by atoms with Gasteiger partial charge in [0.2, 0.25) is 5.78 Å². The highest BCUT2D eigenvalue weighted by Crippen LogP contribution is 2.37. The van der Waals surface area contributed by atoms with Gasteiger partial charge in [0.1, 0.15) is 5.71 Å². The number of carbonyl (C=O) groups excluding carboxylic acids is 1. The van der Waals surface area contributed by atoms with Crippen LogP contribution in [0.2, 0.25) is 5.02 Å². The van der Waals surface area contributed by atoms with Crippen LogP contribution < -0.4 is 0 Å². The summed E-state index contributed by atoms with van der Waals surface area (Å²) in [4.78, 5) is 19.8. The van der Waals surface area contributed by atoms with Gasteiger partial charge in [-0.2, -0.15) is 0 Å². The number of aromatic hydroxyl groups is 1. The summed E-state index contributed by atoms with van der Waals surface area (Å²) >= 11 is 9.42. The maximum Gasteiger partial charge on any atom is 0.214 e. The Hall–Kier alpha value is -2.11. The molecular weight excluding hydrogens is 368 g/mol. The number of rotatable bonds is 1. The van der Waals surface area contributed by atoms with E-state index < -0.39 is 0 Å². The third-order valence-corrected chi connectivity index (χ3v) is 4.85. The minimum absolute atomic E-state index is 0.0935. The molecule has 4 rings (SSSR count). The van der Waals surface area contributed by atoms with Gasteiger partial charge in [-0.05, 0) is 40.2 Å². The molecule has 0 radical (unpaired) electrons. The smallest absolute Gasteiger partial charge is 0.214 e. The number of para-hydroxylation sites is 1. The first-order valence-electron chi connectivity index (χ1n) is 6.48. The van der Waals surface area contributed by atoms with E-state index in [2.05, 4.69) is 25.9 Å². The largest absolute Gasteiger partial charge is 0.494 e. The molecule has 0 saturated heterocycles. The van der Waals surface area contributed by atoms with Crippen LogP contribution in [0.25, 0.3) is 10.9 Å². The number of Topliss-reactive ketones (excluding diaryl/α,β-unsaturated/α-hetero) is 1. The zero-order valence-corrected chi connectivity index (χ0v) is 13.4. The van der Waals surface area contributed by atoms with Gasteiger partial charge in [0.05, 0.1) is 21.8 Å². The third kappa shape index (κ3) is 1.82. The van der Waals surface area contributed by atoms with E-state index in [-0.39, 0.29) is 17.4 Å². The van der Waals surface area contributed by atoms with Crippen molar-refractivity contribution in [1.82, 2.24) is 4.98 Å². The van der Waals surface area contributed by atoms with Crippen molar-refractivity contribution in [3.8, 4) is 5.88 Å². The number of H-pyrrole nitrogens is 1. The molecule has 1 aromatic heterocycles. The Bertz CT molecular complexity index is 991. The second-order valence-corrected chi connectivity index (χ2v) is 6.23. The van der Waals surface area contributed by atoms with E-state index in [1.165, 1.54) is 0 Å². The third-order valence-electron chi connectivity index (χ3n) is 3.65. The fourth-order valence-electron chi connectivity index (χ4n) is 2.65. The van der Waals surface area contributed by atoms with E-state index in [1.807, 2.05) is 6.07 Å². The zero-order chi connectivity index (χ0) is 15.4. The number of fused-ring (bicyclic) bond motifs is 2. The van der Waals surface area contributed by atoms with E-state index in [0.29, 0.717) is 37.2 Å². The highest BCUT2D eigenvalue weighted by atomic mass is 79.9. The highest BCUT2D eigenvalue weighted by molar-refractivity contribution is 9.10. The maximum atomic E-state index is 12.5. The van der Waals surface area contributed by atoms with Gasteiger partial charge in [0, 0.05) is 15.4 Å². The lowest BCUT2D eigenvalue weighted by atomic mass is 10.0. The van der Waals surface area contributed by atoms with Crippen LogP contribution in [0.1, 0.15) is 15.9 Å². The number of hydrogen-bond acceptors (Lipinski definition) is 3. The molecule has 2 heterocycles.